The number of thioether (sulfide) groups is 1. The van der Waals surface area contributed by atoms with Gasteiger partial charge in [0.2, 0.25) is 0 Å². The summed E-state index contributed by atoms with van der Waals surface area (Å²) in [5, 5.41) is -0.465. The van der Waals surface area contributed by atoms with Gasteiger partial charge in [0.05, 0.1) is 0 Å². The minimum atomic E-state index is -3.11. The molecule has 0 amide bonds. The van der Waals surface area contributed by atoms with E-state index in [1.165, 1.54) is 12.3 Å². The zero-order valence-electron chi connectivity index (χ0n) is 11.4. The molecule has 1 aliphatic heterocycles. The van der Waals surface area contributed by atoms with Crippen molar-refractivity contribution in [2.75, 3.05) is 24.3 Å². The van der Waals surface area contributed by atoms with Crippen LogP contribution in [0.2, 0.25) is 0 Å². The molecule has 1 unspecified atom stereocenters. The van der Waals surface area contributed by atoms with Gasteiger partial charge in [0.1, 0.15) is 11.2 Å². The second-order valence-electron chi connectivity index (χ2n) is 4.96. The Morgan fingerprint density at radius 2 is 2.25 bits per heavy atom. The summed E-state index contributed by atoms with van der Waals surface area (Å²) in [6.07, 6.45) is 1.27. The van der Waals surface area contributed by atoms with E-state index in [1.54, 1.807) is 23.9 Å². The van der Waals surface area contributed by atoms with Crippen LogP contribution >= 0.6 is 11.8 Å². The second kappa shape index (κ2) is 6.43. The van der Waals surface area contributed by atoms with E-state index < -0.39 is 15.2 Å². The van der Waals surface area contributed by atoms with Crippen molar-refractivity contribution < 1.29 is 12.8 Å². The molecule has 0 radical (unpaired) electrons. The average molecular weight is 318 g/mol. The summed E-state index contributed by atoms with van der Waals surface area (Å²) >= 11 is 1.65. The van der Waals surface area contributed by atoms with Crippen LogP contribution in [0.15, 0.2) is 18.2 Å². The zero-order chi connectivity index (χ0) is 14.8. The van der Waals surface area contributed by atoms with E-state index in [1.807, 2.05) is 4.90 Å². The Balaban J connectivity index is 2.19. The van der Waals surface area contributed by atoms with Crippen LogP contribution in [0.1, 0.15) is 11.1 Å². The molecule has 7 heteroatoms. The summed E-state index contributed by atoms with van der Waals surface area (Å²) in [7, 11) is -3.11. The Bertz CT molecular complexity index is 578. The van der Waals surface area contributed by atoms with Crippen molar-refractivity contribution in [3.05, 3.63) is 35.1 Å². The van der Waals surface area contributed by atoms with Crippen molar-refractivity contribution in [1.29, 1.82) is 0 Å². The smallest absolute Gasteiger partial charge is 0.164 e. The molecule has 112 valence electrons. The molecule has 4 nitrogen and oxygen atoms in total. The normalized spacial score (nSPS) is 21.1. The SMILES string of the molecule is CS(=O)(=O)C1CSCCN1Cc1ccc(F)c(CN)c1. The Labute approximate surface area is 123 Å². The molecular formula is C13H19FN2O2S2. The lowest BCUT2D eigenvalue weighted by Crippen LogP contribution is -2.46. The van der Waals surface area contributed by atoms with Gasteiger partial charge < -0.3 is 5.73 Å². The maximum absolute atomic E-state index is 13.4. The molecule has 0 saturated carbocycles. The molecule has 1 aromatic rings. The van der Waals surface area contributed by atoms with Crippen molar-refractivity contribution in [2.24, 2.45) is 5.73 Å². The third kappa shape index (κ3) is 3.72. The lowest BCUT2D eigenvalue weighted by molar-refractivity contribution is 0.262. The molecule has 1 heterocycles. The first kappa shape index (κ1) is 15.8. The van der Waals surface area contributed by atoms with Crippen molar-refractivity contribution in [3.8, 4) is 0 Å². The van der Waals surface area contributed by atoms with Gasteiger partial charge in [-0.3, -0.25) is 4.90 Å². The van der Waals surface area contributed by atoms with Crippen LogP contribution in [-0.4, -0.2) is 43.0 Å². The summed E-state index contributed by atoms with van der Waals surface area (Å²) in [4.78, 5) is 1.94. The molecule has 20 heavy (non-hydrogen) atoms. The number of nitrogens with zero attached hydrogens (tertiary/aromatic N) is 1. The number of halogens is 1. The van der Waals surface area contributed by atoms with E-state index in [0.29, 0.717) is 17.9 Å². The van der Waals surface area contributed by atoms with Gasteiger partial charge in [-0.15, -0.1) is 0 Å². The van der Waals surface area contributed by atoms with Gasteiger partial charge in [-0.05, 0) is 11.6 Å². The summed E-state index contributed by atoms with van der Waals surface area (Å²) in [6, 6.07) is 4.80. The van der Waals surface area contributed by atoms with Gasteiger partial charge in [0, 0.05) is 43.0 Å². The molecule has 1 aromatic carbocycles. The van der Waals surface area contributed by atoms with E-state index in [4.69, 9.17) is 5.73 Å². The first-order valence-electron chi connectivity index (χ1n) is 6.40. The Morgan fingerprint density at radius 3 is 2.90 bits per heavy atom. The number of sulfone groups is 1. The molecule has 2 rings (SSSR count). The van der Waals surface area contributed by atoms with Gasteiger partial charge in [0.15, 0.2) is 9.84 Å². The van der Waals surface area contributed by atoms with Gasteiger partial charge in [-0.1, -0.05) is 12.1 Å². The summed E-state index contributed by atoms with van der Waals surface area (Å²) in [5.41, 5.74) is 6.85. The van der Waals surface area contributed by atoms with Crippen molar-refractivity contribution in [2.45, 2.75) is 18.5 Å². The zero-order valence-corrected chi connectivity index (χ0v) is 13.0. The van der Waals surface area contributed by atoms with E-state index in [2.05, 4.69) is 0 Å². The summed E-state index contributed by atoms with van der Waals surface area (Å²) in [5.74, 6) is 1.19. The summed E-state index contributed by atoms with van der Waals surface area (Å²) < 4.78 is 37.1. The fraction of sp³-hybridized carbons (Fsp3) is 0.538. The van der Waals surface area contributed by atoms with Gasteiger partial charge in [-0.2, -0.15) is 11.8 Å². The van der Waals surface area contributed by atoms with Crippen LogP contribution < -0.4 is 5.73 Å². The highest BCUT2D eigenvalue weighted by Gasteiger charge is 2.30. The number of rotatable bonds is 4. The molecular weight excluding hydrogens is 299 g/mol. The van der Waals surface area contributed by atoms with Crippen LogP contribution in [0.4, 0.5) is 4.39 Å². The predicted molar refractivity (Wildman–Crippen MR) is 80.7 cm³/mol. The summed E-state index contributed by atoms with van der Waals surface area (Å²) in [6.45, 7) is 1.37. The molecule has 0 aromatic heterocycles. The highest BCUT2D eigenvalue weighted by Crippen LogP contribution is 2.23. The highest BCUT2D eigenvalue weighted by molar-refractivity contribution is 8.00. The van der Waals surface area contributed by atoms with Crippen molar-refractivity contribution in [1.82, 2.24) is 4.90 Å². The quantitative estimate of drug-likeness (QED) is 0.904. The monoisotopic (exact) mass is 318 g/mol. The molecule has 0 aliphatic carbocycles. The van der Waals surface area contributed by atoms with E-state index in [9.17, 15) is 12.8 Å². The maximum Gasteiger partial charge on any atom is 0.164 e. The Hall–Kier alpha value is -0.630. The van der Waals surface area contributed by atoms with Crippen LogP contribution in [0.3, 0.4) is 0 Å². The molecule has 1 aliphatic rings. The van der Waals surface area contributed by atoms with Crippen LogP contribution in [-0.2, 0) is 22.9 Å². The van der Waals surface area contributed by atoms with Gasteiger partial charge in [0.25, 0.3) is 0 Å². The lowest BCUT2D eigenvalue weighted by atomic mass is 10.1. The largest absolute Gasteiger partial charge is 0.326 e. The topological polar surface area (TPSA) is 63.4 Å². The Morgan fingerprint density at radius 1 is 1.50 bits per heavy atom. The van der Waals surface area contributed by atoms with Crippen molar-refractivity contribution >= 4 is 21.6 Å². The fourth-order valence-corrected chi connectivity index (χ4v) is 5.25. The number of benzene rings is 1. The number of hydrogen-bond donors (Lipinski definition) is 1. The predicted octanol–water partition coefficient (Wildman–Crippen LogP) is 1.20. The highest BCUT2D eigenvalue weighted by atomic mass is 32.2. The fourth-order valence-electron chi connectivity index (χ4n) is 2.31. The average Bonchev–Trinajstić information content (AvgIpc) is 2.40. The standard InChI is InChI=1S/C13H19FN2O2S2/c1-20(17,18)13-9-19-5-4-16(13)8-10-2-3-12(14)11(6-10)7-15/h2-3,6,13H,4-5,7-9,15H2,1H3. The van der Waals surface area contributed by atoms with Crippen molar-refractivity contribution in [3.63, 3.8) is 0 Å². The third-order valence-corrected chi connectivity index (χ3v) is 6.09. The first-order valence-corrected chi connectivity index (χ1v) is 9.51. The second-order valence-corrected chi connectivity index (χ2v) is 8.31. The lowest BCUT2D eigenvalue weighted by Gasteiger charge is -2.34. The number of hydrogen-bond acceptors (Lipinski definition) is 5. The van der Waals surface area contributed by atoms with E-state index in [-0.39, 0.29) is 12.4 Å². The number of nitrogens with two attached hydrogens (primary N) is 1. The maximum atomic E-state index is 13.4. The molecule has 0 bridgehead atoms. The van der Waals surface area contributed by atoms with Gasteiger partial charge in [-0.25, -0.2) is 12.8 Å². The molecule has 1 atom stereocenters. The van der Waals surface area contributed by atoms with E-state index >= 15 is 0 Å². The molecule has 1 fully saturated rings. The van der Waals surface area contributed by atoms with Crippen LogP contribution in [0.25, 0.3) is 0 Å². The minimum Gasteiger partial charge on any atom is -0.326 e. The third-order valence-electron chi connectivity index (χ3n) is 3.40. The van der Waals surface area contributed by atoms with Crippen LogP contribution in [0.5, 0.6) is 0 Å². The molecule has 0 spiro atoms. The van der Waals surface area contributed by atoms with E-state index in [0.717, 1.165) is 17.9 Å². The van der Waals surface area contributed by atoms with Crippen LogP contribution in [0, 0.1) is 5.82 Å². The first-order chi connectivity index (χ1) is 9.41. The van der Waals surface area contributed by atoms with Gasteiger partial charge >= 0.3 is 0 Å². The molecule has 2 N–H and O–H groups in total. The minimum absolute atomic E-state index is 0.144. The molecule has 1 saturated heterocycles. The Kier molecular flexibility index (Phi) is 5.06.